The van der Waals surface area contributed by atoms with Crippen molar-refractivity contribution in [3.8, 4) is 22.9 Å². The van der Waals surface area contributed by atoms with E-state index in [9.17, 15) is 13.2 Å². The highest BCUT2D eigenvalue weighted by atomic mass is 19.4. The predicted molar refractivity (Wildman–Crippen MR) is 114 cm³/mol. The maximum absolute atomic E-state index is 13.8. The molecular weight excluding hydrogens is 403 g/mol. The minimum absolute atomic E-state index is 0.0251. The van der Waals surface area contributed by atoms with E-state index >= 15 is 0 Å². The number of nitrogens with zero attached hydrogens (tertiary/aromatic N) is 2. The second kappa shape index (κ2) is 8.56. The lowest BCUT2D eigenvalue weighted by Gasteiger charge is -2.27. The molecule has 3 aromatic rings. The van der Waals surface area contributed by atoms with Gasteiger partial charge in [-0.15, -0.1) is 0 Å². The first-order chi connectivity index (χ1) is 14.5. The lowest BCUT2D eigenvalue weighted by atomic mass is 9.93. The molecule has 7 heteroatoms. The molecule has 1 aromatic heterocycles. The van der Waals surface area contributed by atoms with Crippen LogP contribution in [-0.2, 0) is 6.18 Å². The third-order valence-electron chi connectivity index (χ3n) is 4.90. The molecule has 3 rings (SSSR count). The maximum atomic E-state index is 13.8. The Morgan fingerprint density at radius 1 is 1.13 bits per heavy atom. The zero-order valence-electron chi connectivity index (χ0n) is 17.6. The summed E-state index contributed by atoms with van der Waals surface area (Å²) in [7, 11) is 0. The highest BCUT2D eigenvalue weighted by molar-refractivity contribution is 5.95. The van der Waals surface area contributed by atoms with Crippen molar-refractivity contribution < 1.29 is 17.9 Å². The van der Waals surface area contributed by atoms with Crippen LogP contribution in [0.4, 0.5) is 13.2 Å². The van der Waals surface area contributed by atoms with Gasteiger partial charge in [0.15, 0.2) is 0 Å². The van der Waals surface area contributed by atoms with Gasteiger partial charge in [-0.05, 0) is 60.7 Å². The van der Waals surface area contributed by atoms with Gasteiger partial charge in [-0.25, -0.2) is 0 Å². The molecule has 1 atom stereocenters. The number of hydrogen-bond donors (Lipinski definition) is 1. The first kappa shape index (κ1) is 22.6. The van der Waals surface area contributed by atoms with E-state index in [1.807, 2.05) is 19.9 Å². The minimum Gasteiger partial charge on any atom is -0.491 e. The number of hydrogen-bond acceptors (Lipinski definition) is 4. The summed E-state index contributed by atoms with van der Waals surface area (Å²) in [5.41, 5.74) is 6.55. The molecule has 1 heterocycles. The zero-order valence-corrected chi connectivity index (χ0v) is 17.6. The Balaban J connectivity index is 2.01. The van der Waals surface area contributed by atoms with Gasteiger partial charge >= 0.3 is 6.18 Å². The quantitative estimate of drug-likeness (QED) is 0.529. The topological polar surface area (TPSA) is 71.9 Å². The van der Waals surface area contributed by atoms with Gasteiger partial charge in [0.1, 0.15) is 12.4 Å². The summed E-state index contributed by atoms with van der Waals surface area (Å²) in [6.07, 6.45) is -2.45. The number of nitrogens with two attached hydrogens (primary N) is 1. The molecule has 0 amide bonds. The number of halogens is 3. The third kappa shape index (κ3) is 5.33. The molecule has 0 unspecified atom stereocenters. The summed E-state index contributed by atoms with van der Waals surface area (Å²) >= 11 is 0. The van der Waals surface area contributed by atoms with Gasteiger partial charge in [0.2, 0.25) is 0 Å². The van der Waals surface area contributed by atoms with E-state index in [0.717, 1.165) is 6.07 Å². The largest absolute Gasteiger partial charge is 0.491 e. The van der Waals surface area contributed by atoms with Crippen molar-refractivity contribution in [2.45, 2.75) is 38.9 Å². The van der Waals surface area contributed by atoms with Crippen LogP contribution in [-0.4, -0.2) is 17.1 Å². The van der Waals surface area contributed by atoms with Gasteiger partial charge in [0.05, 0.1) is 22.7 Å². The summed E-state index contributed by atoms with van der Waals surface area (Å²) < 4.78 is 47.0. The van der Waals surface area contributed by atoms with Crippen molar-refractivity contribution in [3.63, 3.8) is 0 Å². The number of fused-ring (bicyclic) bond motifs is 1. The van der Waals surface area contributed by atoms with Crippen LogP contribution in [0.3, 0.4) is 0 Å². The van der Waals surface area contributed by atoms with Crippen molar-refractivity contribution >= 4 is 10.9 Å². The predicted octanol–water partition coefficient (Wildman–Crippen LogP) is 5.93. The second-order valence-electron chi connectivity index (χ2n) is 8.45. The third-order valence-corrected chi connectivity index (χ3v) is 4.90. The molecule has 0 saturated carbocycles. The molecule has 4 nitrogen and oxygen atoms in total. The Morgan fingerprint density at radius 3 is 2.52 bits per heavy atom. The highest BCUT2D eigenvalue weighted by Gasteiger charge is 2.35. The van der Waals surface area contributed by atoms with E-state index in [4.69, 9.17) is 15.7 Å². The number of nitriles is 1. The van der Waals surface area contributed by atoms with E-state index in [1.54, 1.807) is 37.3 Å². The van der Waals surface area contributed by atoms with E-state index in [-0.39, 0.29) is 12.4 Å². The molecular formula is C24H24F3N3O. The first-order valence-electron chi connectivity index (χ1n) is 9.92. The zero-order chi connectivity index (χ0) is 22.8. The lowest BCUT2D eigenvalue weighted by Crippen LogP contribution is -2.43. The highest BCUT2D eigenvalue weighted by Crippen LogP contribution is 2.40. The number of alkyl halides is 3. The Hall–Kier alpha value is -3.11. The number of benzene rings is 2. The molecule has 0 fully saturated rings. The maximum Gasteiger partial charge on any atom is 0.419 e. The van der Waals surface area contributed by atoms with Gasteiger partial charge in [0, 0.05) is 17.1 Å². The molecule has 162 valence electrons. The van der Waals surface area contributed by atoms with Crippen LogP contribution in [0.5, 0.6) is 5.75 Å². The molecule has 31 heavy (non-hydrogen) atoms. The van der Waals surface area contributed by atoms with Crippen LogP contribution >= 0.6 is 0 Å². The molecule has 0 radical (unpaired) electrons. The molecule has 2 N–H and O–H groups in total. The average molecular weight is 427 g/mol. The van der Waals surface area contributed by atoms with Gasteiger partial charge in [-0.3, -0.25) is 4.98 Å². The van der Waals surface area contributed by atoms with Crippen molar-refractivity contribution in [1.29, 1.82) is 5.26 Å². The number of aromatic nitrogens is 1. The monoisotopic (exact) mass is 427 g/mol. The van der Waals surface area contributed by atoms with Crippen LogP contribution in [0.2, 0.25) is 0 Å². The average Bonchev–Trinajstić information content (AvgIpc) is 2.69. The number of pyridine rings is 1. The lowest BCUT2D eigenvalue weighted by molar-refractivity contribution is -0.139. The fourth-order valence-corrected chi connectivity index (χ4v) is 3.75. The van der Waals surface area contributed by atoms with E-state index in [0.29, 0.717) is 39.9 Å². The molecule has 0 aliphatic carbocycles. The van der Waals surface area contributed by atoms with Crippen molar-refractivity contribution in [2.75, 3.05) is 6.61 Å². The Kier molecular flexibility index (Phi) is 6.23. The number of rotatable bonds is 6. The van der Waals surface area contributed by atoms with E-state index in [1.165, 1.54) is 12.3 Å². The summed E-state index contributed by atoms with van der Waals surface area (Å²) in [4.78, 5) is 4.23. The summed E-state index contributed by atoms with van der Waals surface area (Å²) in [5.74, 6) is 0.0476. The van der Waals surface area contributed by atoms with E-state index in [2.05, 4.69) is 4.98 Å². The summed E-state index contributed by atoms with van der Waals surface area (Å²) in [6.45, 7) is 5.75. The van der Waals surface area contributed by atoms with Crippen LogP contribution < -0.4 is 10.5 Å². The standard InChI is InChI=1S/C24H24F3N3O/c1-15(2)12-23(3,29)14-31-22-7-5-17(11-20(22)24(25,26)27)18-8-9-30-21-10-16(13-28)4-6-19(18)21/h4-11,15H,12,14,29H2,1-3H3/t23-/m0/s1. The molecule has 0 aliphatic heterocycles. The smallest absolute Gasteiger partial charge is 0.419 e. The Bertz CT molecular complexity index is 1130. The Labute approximate surface area is 179 Å². The molecule has 0 saturated heterocycles. The number of ether oxygens (including phenoxy) is 1. The van der Waals surface area contributed by atoms with E-state index < -0.39 is 17.3 Å². The molecule has 0 aliphatic rings. The van der Waals surface area contributed by atoms with Gasteiger partial charge in [-0.2, -0.15) is 18.4 Å². The SMILES string of the molecule is CC(C)C[C@](C)(N)COc1ccc(-c2ccnc3cc(C#N)ccc23)cc1C(F)(F)F. The van der Waals surface area contributed by atoms with Gasteiger partial charge < -0.3 is 10.5 Å². The van der Waals surface area contributed by atoms with Crippen molar-refractivity contribution in [3.05, 3.63) is 59.8 Å². The first-order valence-corrected chi connectivity index (χ1v) is 9.92. The van der Waals surface area contributed by atoms with Gasteiger partial charge in [0.25, 0.3) is 0 Å². The minimum atomic E-state index is -4.59. The second-order valence-corrected chi connectivity index (χ2v) is 8.45. The Morgan fingerprint density at radius 2 is 1.87 bits per heavy atom. The van der Waals surface area contributed by atoms with Gasteiger partial charge in [-0.1, -0.05) is 26.0 Å². The van der Waals surface area contributed by atoms with Crippen LogP contribution in [0.25, 0.3) is 22.0 Å². The van der Waals surface area contributed by atoms with Crippen molar-refractivity contribution in [1.82, 2.24) is 4.98 Å². The normalized spacial score (nSPS) is 13.8. The molecule has 0 bridgehead atoms. The molecule has 2 aromatic carbocycles. The van der Waals surface area contributed by atoms with Crippen LogP contribution in [0.15, 0.2) is 48.7 Å². The fraction of sp³-hybridized carbons (Fsp3) is 0.333. The van der Waals surface area contributed by atoms with Crippen LogP contribution in [0.1, 0.15) is 38.3 Å². The van der Waals surface area contributed by atoms with Crippen molar-refractivity contribution in [2.24, 2.45) is 11.7 Å². The van der Waals surface area contributed by atoms with Crippen LogP contribution in [0, 0.1) is 17.2 Å². The summed E-state index contributed by atoms with van der Waals surface area (Å²) in [5, 5.41) is 9.73. The fourth-order valence-electron chi connectivity index (χ4n) is 3.75. The summed E-state index contributed by atoms with van der Waals surface area (Å²) in [6, 6.07) is 12.6. The molecule has 0 spiro atoms.